The molecule has 5 nitrogen and oxygen atoms in total. The van der Waals surface area contributed by atoms with Gasteiger partial charge in [-0.15, -0.1) is 0 Å². The molecule has 2 atom stereocenters. The highest BCUT2D eigenvalue weighted by atomic mass is 32.3. The van der Waals surface area contributed by atoms with Gasteiger partial charge in [0.15, 0.2) is 9.92 Å². The first-order chi connectivity index (χ1) is 12.2. The highest BCUT2D eigenvalue weighted by Gasteiger charge is 2.22. The third-order valence-electron chi connectivity index (χ3n) is 3.95. The monoisotopic (exact) mass is 394 g/mol. The second-order valence-corrected chi connectivity index (χ2v) is 10.3. The van der Waals surface area contributed by atoms with Crippen LogP contribution in [0.3, 0.4) is 0 Å². The van der Waals surface area contributed by atoms with E-state index in [-0.39, 0.29) is 10.9 Å². The van der Waals surface area contributed by atoms with Crippen LogP contribution in [0.1, 0.15) is 37.8 Å². The zero-order chi connectivity index (χ0) is 19.4. The fraction of sp³-hybridized carbons (Fsp3) is 0.368. The number of nitrogens with one attached hydrogen (secondary N) is 1. The van der Waals surface area contributed by atoms with Crippen LogP contribution < -0.4 is 4.72 Å². The molecule has 2 unspecified atom stereocenters. The molecule has 2 rings (SSSR count). The molecule has 1 N–H and O–H groups in total. The van der Waals surface area contributed by atoms with Crippen molar-refractivity contribution in [3.63, 3.8) is 0 Å². The molecule has 0 saturated carbocycles. The molecule has 0 radical (unpaired) electrons. The number of nitrogens with zero attached hydrogens (tertiary/aromatic N) is 1. The van der Waals surface area contributed by atoms with E-state index in [0.29, 0.717) is 4.90 Å². The molecule has 2 aromatic rings. The van der Waals surface area contributed by atoms with Gasteiger partial charge in [-0.05, 0) is 51.5 Å². The summed E-state index contributed by atoms with van der Waals surface area (Å²) in [6.45, 7) is 7.69. The van der Waals surface area contributed by atoms with E-state index in [0.717, 1.165) is 24.0 Å². The lowest BCUT2D eigenvalue weighted by Gasteiger charge is -2.17. The Bertz CT molecular complexity index is 957. The summed E-state index contributed by atoms with van der Waals surface area (Å²) in [4.78, 5) is 0.398. The van der Waals surface area contributed by atoms with Gasteiger partial charge in [0.05, 0.1) is 9.79 Å². The van der Waals surface area contributed by atoms with Gasteiger partial charge in [-0.3, -0.25) is 0 Å². The number of sulfonamides is 1. The van der Waals surface area contributed by atoms with E-state index in [4.69, 9.17) is 0 Å². The van der Waals surface area contributed by atoms with Crippen molar-refractivity contribution in [3.05, 3.63) is 59.7 Å². The lowest BCUT2D eigenvalue weighted by molar-refractivity contribution is 0.585. The minimum Gasteiger partial charge on any atom is -0.228 e. The van der Waals surface area contributed by atoms with Gasteiger partial charge in [0, 0.05) is 6.04 Å². The number of benzene rings is 2. The van der Waals surface area contributed by atoms with E-state index in [9.17, 15) is 12.6 Å². The van der Waals surface area contributed by atoms with E-state index in [1.807, 2.05) is 27.7 Å². The van der Waals surface area contributed by atoms with Crippen molar-refractivity contribution in [2.75, 3.05) is 0 Å². The maximum atomic E-state index is 13.6. The van der Waals surface area contributed by atoms with Crippen LogP contribution >= 0.6 is 0 Å². The Kier molecular flexibility index (Phi) is 6.60. The minimum absolute atomic E-state index is 0.0351. The summed E-state index contributed by atoms with van der Waals surface area (Å²) < 4.78 is 45.9. The molecule has 0 aliphatic heterocycles. The van der Waals surface area contributed by atoms with Crippen molar-refractivity contribution in [2.24, 2.45) is 3.77 Å². The lowest BCUT2D eigenvalue weighted by atomic mass is 10.2. The van der Waals surface area contributed by atoms with Crippen LogP contribution in [0.4, 0.5) is 0 Å². The van der Waals surface area contributed by atoms with Crippen LogP contribution in [-0.4, -0.2) is 18.7 Å². The van der Waals surface area contributed by atoms with Crippen molar-refractivity contribution in [3.8, 4) is 0 Å². The Hall–Kier alpha value is -1.70. The SMILES string of the molecule is CCCC(C)NS(=O)(=NS(=O)(=O)c1ccc(C)cc1)c1ccc(C)cc1. The molecular formula is C19H26N2O3S2. The Balaban J connectivity index is 2.58. The normalized spacial score (nSPS) is 15.2. The Labute approximate surface area is 157 Å². The average Bonchev–Trinajstić information content (AvgIpc) is 2.55. The molecule has 2 aromatic carbocycles. The first-order valence-electron chi connectivity index (χ1n) is 8.60. The van der Waals surface area contributed by atoms with Gasteiger partial charge in [-0.2, -0.15) is 8.42 Å². The van der Waals surface area contributed by atoms with Gasteiger partial charge in [-0.1, -0.05) is 52.5 Å². The van der Waals surface area contributed by atoms with E-state index >= 15 is 0 Å². The Morgan fingerprint density at radius 1 is 0.885 bits per heavy atom. The first-order valence-corrected chi connectivity index (χ1v) is 11.6. The summed E-state index contributed by atoms with van der Waals surface area (Å²) in [5.74, 6) is 0. The standard InChI is InChI=1S/C19H26N2O3S2/c1-5-6-17(4)20-25(22,18-11-7-15(2)8-12-18)21-26(23,24)19-13-9-16(3)10-14-19/h7-14,17H,5-6H2,1-4H3,(H,20,21,22). The van der Waals surface area contributed by atoms with Gasteiger partial charge >= 0.3 is 0 Å². The average molecular weight is 395 g/mol. The minimum atomic E-state index is -4.07. The van der Waals surface area contributed by atoms with E-state index in [1.54, 1.807) is 36.4 Å². The quantitative estimate of drug-likeness (QED) is 0.764. The molecule has 142 valence electrons. The second-order valence-electron chi connectivity index (χ2n) is 6.51. The zero-order valence-electron chi connectivity index (χ0n) is 15.6. The summed E-state index contributed by atoms with van der Waals surface area (Å²) in [6.07, 6.45) is 1.66. The maximum Gasteiger partial charge on any atom is 0.291 e. The number of hydrogen-bond acceptors (Lipinski definition) is 3. The zero-order valence-corrected chi connectivity index (χ0v) is 17.2. The molecular weight excluding hydrogens is 368 g/mol. The third kappa shape index (κ3) is 5.16. The highest BCUT2D eigenvalue weighted by molar-refractivity contribution is 8.02. The molecule has 0 aliphatic rings. The maximum absolute atomic E-state index is 13.6. The summed E-state index contributed by atoms with van der Waals surface area (Å²) in [7, 11) is -7.40. The smallest absolute Gasteiger partial charge is 0.228 e. The summed E-state index contributed by atoms with van der Waals surface area (Å²) in [6, 6.07) is 13.2. The molecule has 7 heteroatoms. The van der Waals surface area contributed by atoms with Gasteiger partial charge in [0.1, 0.15) is 0 Å². The van der Waals surface area contributed by atoms with Crippen LogP contribution in [-0.2, 0) is 19.9 Å². The molecule has 0 saturated heterocycles. The number of aryl methyl sites for hydroxylation is 2. The van der Waals surface area contributed by atoms with Crippen molar-refractivity contribution < 1.29 is 12.6 Å². The number of hydrogen-bond donors (Lipinski definition) is 1. The fourth-order valence-corrected chi connectivity index (χ4v) is 6.26. The predicted molar refractivity (Wildman–Crippen MR) is 106 cm³/mol. The van der Waals surface area contributed by atoms with Crippen LogP contribution in [0.25, 0.3) is 0 Å². The van der Waals surface area contributed by atoms with Crippen LogP contribution in [0.2, 0.25) is 0 Å². The van der Waals surface area contributed by atoms with E-state index in [1.165, 1.54) is 12.1 Å². The molecule has 0 amide bonds. The van der Waals surface area contributed by atoms with Gasteiger partial charge < -0.3 is 0 Å². The third-order valence-corrected chi connectivity index (χ3v) is 8.07. The summed E-state index contributed by atoms with van der Waals surface area (Å²) in [5.41, 5.74) is 1.94. The largest absolute Gasteiger partial charge is 0.291 e. The number of rotatable bonds is 7. The van der Waals surface area contributed by atoms with Crippen molar-refractivity contribution in [1.29, 1.82) is 0 Å². The molecule has 0 aliphatic carbocycles. The molecule has 0 aromatic heterocycles. The predicted octanol–water partition coefficient (Wildman–Crippen LogP) is 4.21. The van der Waals surface area contributed by atoms with Gasteiger partial charge in [0.25, 0.3) is 10.0 Å². The van der Waals surface area contributed by atoms with E-state index < -0.39 is 19.9 Å². The summed E-state index contributed by atoms with van der Waals surface area (Å²) in [5, 5.41) is 0. The second kappa shape index (κ2) is 8.33. The molecule has 0 bridgehead atoms. The summed E-state index contributed by atoms with van der Waals surface area (Å²) >= 11 is 0. The van der Waals surface area contributed by atoms with Crippen LogP contribution in [0.5, 0.6) is 0 Å². The Morgan fingerprint density at radius 3 is 1.81 bits per heavy atom. The van der Waals surface area contributed by atoms with Gasteiger partial charge in [0.2, 0.25) is 0 Å². The van der Waals surface area contributed by atoms with Crippen molar-refractivity contribution in [2.45, 2.75) is 56.4 Å². The van der Waals surface area contributed by atoms with Crippen LogP contribution in [0, 0.1) is 13.8 Å². The molecule has 0 fully saturated rings. The van der Waals surface area contributed by atoms with E-state index in [2.05, 4.69) is 8.49 Å². The molecule has 0 spiro atoms. The Morgan fingerprint density at radius 2 is 1.35 bits per heavy atom. The van der Waals surface area contributed by atoms with Crippen LogP contribution in [0.15, 0.2) is 62.1 Å². The van der Waals surface area contributed by atoms with Crippen molar-refractivity contribution in [1.82, 2.24) is 4.72 Å². The molecule has 0 heterocycles. The molecule has 26 heavy (non-hydrogen) atoms. The van der Waals surface area contributed by atoms with Gasteiger partial charge in [-0.25, -0.2) is 8.93 Å². The first kappa shape index (κ1) is 20.6. The highest BCUT2D eigenvalue weighted by Crippen LogP contribution is 2.20. The fourth-order valence-electron chi connectivity index (χ4n) is 2.51. The lowest BCUT2D eigenvalue weighted by Crippen LogP contribution is -2.33. The van der Waals surface area contributed by atoms with Crippen molar-refractivity contribution >= 4 is 19.9 Å². The topological polar surface area (TPSA) is 75.6 Å².